The fraction of sp³-hybridized carbons (Fsp3) is 0. The standard InChI is InChI=1S/C7H4FN3O/c8-7-9-3-5-4(11-7)1-2-6(12)10-5/h1-3H,(H,10,12). The molecule has 12 heavy (non-hydrogen) atoms. The molecule has 1 N–H and O–H groups in total. The van der Waals surface area contributed by atoms with Gasteiger partial charge < -0.3 is 4.98 Å². The normalized spacial score (nSPS) is 10.4. The van der Waals surface area contributed by atoms with Crippen LogP contribution in [0.25, 0.3) is 11.0 Å². The van der Waals surface area contributed by atoms with Crippen LogP contribution in [-0.2, 0) is 0 Å². The van der Waals surface area contributed by atoms with Crippen LogP contribution in [0, 0.1) is 6.08 Å². The van der Waals surface area contributed by atoms with Gasteiger partial charge in [-0.15, -0.1) is 0 Å². The zero-order valence-corrected chi connectivity index (χ0v) is 5.91. The van der Waals surface area contributed by atoms with E-state index in [2.05, 4.69) is 15.0 Å². The summed E-state index contributed by atoms with van der Waals surface area (Å²) in [5, 5.41) is 0. The Kier molecular flexibility index (Phi) is 1.36. The lowest BCUT2D eigenvalue weighted by Crippen LogP contribution is -2.04. The first kappa shape index (κ1) is 6.90. The molecule has 0 amide bonds. The Morgan fingerprint density at radius 1 is 1.42 bits per heavy atom. The molecule has 0 spiro atoms. The van der Waals surface area contributed by atoms with Crippen molar-refractivity contribution < 1.29 is 4.39 Å². The quantitative estimate of drug-likeness (QED) is 0.577. The van der Waals surface area contributed by atoms with Gasteiger partial charge in [0.25, 0.3) is 0 Å². The molecule has 0 aliphatic heterocycles. The first-order chi connectivity index (χ1) is 5.75. The van der Waals surface area contributed by atoms with Gasteiger partial charge in [-0.25, -0.2) is 9.97 Å². The minimum absolute atomic E-state index is 0.252. The number of fused-ring (bicyclic) bond motifs is 1. The van der Waals surface area contributed by atoms with Gasteiger partial charge in [-0.2, -0.15) is 4.39 Å². The van der Waals surface area contributed by atoms with Crippen molar-refractivity contribution in [3.05, 3.63) is 34.8 Å². The summed E-state index contributed by atoms with van der Waals surface area (Å²) in [6.07, 6.45) is 0.438. The third-order valence-electron chi connectivity index (χ3n) is 1.44. The van der Waals surface area contributed by atoms with Crippen molar-refractivity contribution >= 4 is 11.0 Å². The summed E-state index contributed by atoms with van der Waals surface area (Å²) in [6, 6.07) is 2.73. The summed E-state index contributed by atoms with van der Waals surface area (Å²) in [6.45, 7) is 0. The van der Waals surface area contributed by atoms with Crippen molar-refractivity contribution in [2.45, 2.75) is 0 Å². The highest BCUT2D eigenvalue weighted by atomic mass is 19.1. The second-order valence-electron chi connectivity index (χ2n) is 2.26. The number of aromatic nitrogens is 3. The van der Waals surface area contributed by atoms with Crippen molar-refractivity contribution in [3.8, 4) is 0 Å². The summed E-state index contributed by atoms with van der Waals surface area (Å²) in [5.74, 6) is 0. The fourth-order valence-corrected chi connectivity index (χ4v) is 0.925. The molecular formula is C7H4FN3O. The van der Waals surface area contributed by atoms with Crippen molar-refractivity contribution in [2.24, 2.45) is 0 Å². The average Bonchev–Trinajstić information content (AvgIpc) is 2.05. The summed E-state index contributed by atoms with van der Waals surface area (Å²) in [7, 11) is 0. The van der Waals surface area contributed by atoms with Crippen molar-refractivity contribution in [1.82, 2.24) is 15.0 Å². The predicted molar refractivity (Wildman–Crippen MR) is 40.1 cm³/mol. The highest BCUT2D eigenvalue weighted by molar-refractivity contribution is 5.71. The monoisotopic (exact) mass is 165 g/mol. The minimum atomic E-state index is -0.797. The Morgan fingerprint density at radius 3 is 3.08 bits per heavy atom. The maximum atomic E-state index is 12.4. The summed E-state index contributed by atoms with van der Waals surface area (Å²) < 4.78 is 12.4. The first-order valence-corrected chi connectivity index (χ1v) is 3.27. The van der Waals surface area contributed by atoms with Crippen LogP contribution in [-0.4, -0.2) is 15.0 Å². The molecule has 0 aliphatic rings. The lowest BCUT2D eigenvalue weighted by Gasteiger charge is -1.93. The van der Waals surface area contributed by atoms with Gasteiger partial charge in [0, 0.05) is 6.07 Å². The lowest BCUT2D eigenvalue weighted by molar-refractivity contribution is 0.544. The molecule has 0 saturated heterocycles. The highest BCUT2D eigenvalue weighted by Gasteiger charge is 1.97. The van der Waals surface area contributed by atoms with E-state index in [1.807, 2.05) is 0 Å². The first-order valence-electron chi connectivity index (χ1n) is 3.27. The second kappa shape index (κ2) is 2.37. The number of nitrogens with one attached hydrogen (secondary N) is 1. The molecule has 0 bridgehead atoms. The van der Waals surface area contributed by atoms with E-state index in [1.165, 1.54) is 18.3 Å². The van der Waals surface area contributed by atoms with Crippen LogP contribution in [0.15, 0.2) is 23.1 Å². The molecule has 0 saturated carbocycles. The molecule has 0 unspecified atom stereocenters. The summed E-state index contributed by atoms with van der Waals surface area (Å²) >= 11 is 0. The maximum absolute atomic E-state index is 12.4. The van der Waals surface area contributed by atoms with Crippen LogP contribution >= 0.6 is 0 Å². The van der Waals surface area contributed by atoms with Crippen molar-refractivity contribution in [1.29, 1.82) is 0 Å². The van der Waals surface area contributed by atoms with Gasteiger partial charge in [-0.3, -0.25) is 4.79 Å². The summed E-state index contributed by atoms with van der Waals surface area (Å²) in [5.41, 5.74) is 0.573. The summed E-state index contributed by atoms with van der Waals surface area (Å²) in [4.78, 5) is 20.0. The highest BCUT2D eigenvalue weighted by Crippen LogP contribution is 2.02. The molecule has 0 aromatic carbocycles. The molecule has 4 nitrogen and oxygen atoms in total. The maximum Gasteiger partial charge on any atom is 0.309 e. The third kappa shape index (κ3) is 1.05. The van der Waals surface area contributed by atoms with Gasteiger partial charge in [0.05, 0.1) is 17.2 Å². The molecule has 0 atom stereocenters. The van der Waals surface area contributed by atoms with Gasteiger partial charge >= 0.3 is 6.08 Å². The Morgan fingerprint density at radius 2 is 2.25 bits per heavy atom. The smallest absolute Gasteiger partial charge is 0.309 e. The van der Waals surface area contributed by atoms with E-state index < -0.39 is 6.08 Å². The molecule has 0 aliphatic carbocycles. The van der Waals surface area contributed by atoms with Gasteiger partial charge in [-0.05, 0) is 6.07 Å². The molecule has 2 aromatic rings. The Balaban J connectivity index is 2.87. The lowest BCUT2D eigenvalue weighted by atomic mass is 10.4. The second-order valence-corrected chi connectivity index (χ2v) is 2.26. The number of hydrogen-bond donors (Lipinski definition) is 1. The number of rotatable bonds is 0. The van der Waals surface area contributed by atoms with Gasteiger partial charge in [0.15, 0.2) is 0 Å². The number of aromatic amines is 1. The number of halogens is 1. The Hall–Kier alpha value is -1.78. The number of H-pyrrole nitrogens is 1. The fourth-order valence-electron chi connectivity index (χ4n) is 0.925. The van der Waals surface area contributed by atoms with Crippen LogP contribution in [0.3, 0.4) is 0 Å². The molecule has 2 heterocycles. The van der Waals surface area contributed by atoms with Crippen LogP contribution < -0.4 is 5.56 Å². The number of hydrogen-bond acceptors (Lipinski definition) is 3. The SMILES string of the molecule is O=c1ccc2nc(F)ncc2[nH]1. The number of pyridine rings is 1. The number of nitrogens with zero attached hydrogens (tertiary/aromatic N) is 2. The minimum Gasteiger partial charge on any atom is -0.319 e. The van der Waals surface area contributed by atoms with E-state index in [0.717, 1.165) is 0 Å². The van der Waals surface area contributed by atoms with E-state index in [4.69, 9.17) is 0 Å². The van der Waals surface area contributed by atoms with E-state index in [0.29, 0.717) is 11.0 Å². The van der Waals surface area contributed by atoms with Crippen molar-refractivity contribution in [3.63, 3.8) is 0 Å². The topological polar surface area (TPSA) is 58.6 Å². The van der Waals surface area contributed by atoms with Crippen LogP contribution in [0.4, 0.5) is 4.39 Å². The van der Waals surface area contributed by atoms with Gasteiger partial charge in [-0.1, -0.05) is 0 Å². The van der Waals surface area contributed by atoms with Gasteiger partial charge in [0.1, 0.15) is 0 Å². The van der Waals surface area contributed by atoms with E-state index >= 15 is 0 Å². The predicted octanol–water partition coefficient (Wildman–Crippen LogP) is 0.457. The molecule has 2 aromatic heterocycles. The zero-order valence-electron chi connectivity index (χ0n) is 5.91. The molecule has 5 heteroatoms. The third-order valence-corrected chi connectivity index (χ3v) is 1.44. The van der Waals surface area contributed by atoms with Crippen molar-refractivity contribution in [2.75, 3.05) is 0 Å². The zero-order chi connectivity index (χ0) is 8.55. The Labute approximate surface area is 66.1 Å². The van der Waals surface area contributed by atoms with E-state index in [9.17, 15) is 9.18 Å². The van der Waals surface area contributed by atoms with E-state index in [-0.39, 0.29) is 5.56 Å². The van der Waals surface area contributed by atoms with Gasteiger partial charge in [0.2, 0.25) is 5.56 Å². The average molecular weight is 165 g/mol. The molecule has 0 fully saturated rings. The largest absolute Gasteiger partial charge is 0.319 e. The molecule has 0 radical (unpaired) electrons. The van der Waals surface area contributed by atoms with Crippen LogP contribution in [0.1, 0.15) is 0 Å². The Bertz CT molecular complexity index is 479. The molecular weight excluding hydrogens is 161 g/mol. The van der Waals surface area contributed by atoms with Crippen LogP contribution in [0.2, 0.25) is 0 Å². The van der Waals surface area contributed by atoms with Crippen LogP contribution in [0.5, 0.6) is 0 Å². The molecule has 2 rings (SSSR count). The van der Waals surface area contributed by atoms with E-state index in [1.54, 1.807) is 0 Å². The molecule has 60 valence electrons.